The van der Waals surface area contributed by atoms with Crippen molar-refractivity contribution in [3.8, 4) is 11.5 Å². The molecule has 8 heteroatoms. The first-order valence-corrected chi connectivity index (χ1v) is 6.34. The van der Waals surface area contributed by atoms with E-state index in [1.54, 1.807) is 25.1 Å². The maximum atomic E-state index is 11.9. The minimum Gasteiger partial charge on any atom is -0.495 e. The maximum absolute atomic E-state index is 11.9. The monoisotopic (exact) mass is 311 g/mol. The van der Waals surface area contributed by atoms with Crippen molar-refractivity contribution in [2.75, 3.05) is 24.9 Å². The zero-order valence-corrected chi connectivity index (χ0v) is 12.4. The van der Waals surface area contributed by atoms with Crippen LogP contribution in [0.25, 0.3) is 0 Å². The Morgan fingerprint density at radius 3 is 2.48 bits per heavy atom. The van der Waals surface area contributed by atoms with E-state index in [1.165, 1.54) is 14.2 Å². The molecule has 2 aromatic rings. The Kier molecular flexibility index (Phi) is 4.54. The minimum absolute atomic E-state index is 0.310. The van der Waals surface area contributed by atoms with Gasteiger partial charge in [-0.3, -0.25) is 5.32 Å². The number of ether oxygens (including phenoxy) is 2. The minimum atomic E-state index is -0.494. The molecule has 2 amide bonds. The first-order chi connectivity index (χ1) is 10.0. The van der Waals surface area contributed by atoms with Crippen LogP contribution in [0.1, 0.15) is 5.76 Å². The summed E-state index contributed by atoms with van der Waals surface area (Å²) in [5.74, 6) is 1.73. The van der Waals surface area contributed by atoms with Gasteiger partial charge in [0.1, 0.15) is 17.3 Å². The molecular formula is C13H14ClN3O4. The highest BCUT2D eigenvalue weighted by molar-refractivity contribution is 6.32. The number of nitrogens with one attached hydrogen (secondary N) is 2. The number of aryl methyl sites for hydroxylation is 1. The van der Waals surface area contributed by atoms with E-state index >= 15 is 0 Å². The third-order valence-electron chi connectivity index (χ3n) is 2.59. The highest BCUT2D eigenvalue weighted by Crippen LogP contribution is 2.35. The Balaban J connectivity index is 2.16. The first-order valence-electron chi connectivity index (χ1n) is 5.96. The second-order valence-electron chi connectivity index (χ2n) is 4.09. The quantitative estimate of drug-likeness (QED) is 0.904. The number of carbonyl (C=O) groups excluding carboxylic acids is 1. The van der Waals surface area contributed by atoms with E-state index < -0.39 is 6.03 Å². The number of halogens is 1. The van der Waals surface area contributed by atoms with Gasteiger partial charge in [0.2, 0.25) is 0 Å². The van der Waals surface area contributed by atoms with Crippen LogP contribution < -0.4 is 20.1 Å². The Labute approximate surface area is 126 Å². The maximum Gasteiger partial charge on any atom is 0.325 e. The lowest BCUT2D eigenvalue weighted by Gasteiger charge is -2.13. The summed E-state index contributed by atoms with van der Waals surface area (Å²) in [7, 11) is 2.96. The highest BCUT2D eigenvalue weighted by Gasteiger charge is 2.13. The van der Waals surface area contributed by atoms with Crippen molar-refractivity contribution in [3.05, 3.63) is 29.0 Å². The van der Waals surface area contributed by atoms with Crippen molar-refractivity contribution in [1.29, 1.82) is 0 Å². The number of hydrogen-bond acceptors (Lipinski definition) is 5. The van der Waals surface area contributed by atoms with Gasteiger partial charge in [-0.1, -0.05) is 16.8 Å². The third-order valence-corrected chi connectivity index (χ3v) is 2.89. The molecule has 2 N–H and O–H groups in total. The lowest BCUT2D eigenvalue weighted by atomic mass is 10.2. The van der Waals surface area contributed by atoms with Crippen LogP contribution in [0.2, 0.25) is 5.02 Å². The molecule has 112 valence electrons. The van der Waals surface area contributed by atoms with Gasteiger partial charge in [0.25, 0.3) is 0 Å². The van der Waals surface area contributed by atoms with Gasteiger partial charge in [0.05, 0.1) is 24.9 Å². The number of hydrogen-bond donors (Lipinski definition) is 2. The number of rotatable bonds is 4. The molecule has 0 radical (unpaired) electrons. The molecule has 1 heterocycles. The fourth-order valence-electron chi connectivity index (χ4n) is 1.65. The summed E-state index contributed by atoms with van der Waals surface area (Å²) in [5, 5.41) is 9.20. The topological polar surface area (TPSA) is 85.6 Å². The molecule has 0 aliphatic rings. The van der Waals surface area contributed by atoms with Gasteiger partial charge in [-0.25, -0.2) is 4.79 Å². The zero-order chi connectivity index (χ0) is 15.4. The second kappa shape index (κ2) is 6.36. The van der Waals surface area contributed by atoms with Crippen molar-refractivity contribution >= 4 is 29.1 Å². The zero-order valence-electron chi connectivity index (χ0n) is 11.7. The summed E-state index contributed by atoms with van der Waals surface area (Å²) in [4.78, 5) is 11.9. The van der Waals surface area contributed by atoms with Crippen LogP contribution in [0, 0.1) is 6.92 Å². The first kappa shape index (κ1) is 15.0. The van der Waals surface area contributed by atoms with Crippen molar-refractivity contribution in [1.82, 2.24) is 5.16 Å². The molecule has 21 heavy (non-hydrogen) atoms. The molecular weight excluding hydrogens is 298 g/mol. The van der Waals surface area contributed by atoms with E-state index in [0.29, 0.717) is 33.8 Å². The van der Waals surface area contributed by atoms with Crippen LogP contribution in [-0.2, 0) is 0 Å². The van der Waals surface area contributed by atoms with Gasteiger partial charge < -0.3 is 19.3 Å². The van der Waals surface area contributed by atoms with E-state index in [1.807, 2.05) is 0 Å². The average Bonchev–Trinajstić information content (AvgIpc) is 2.85. The molecule has 0 aliphatic carbocycles. The van der Waals surface area contributed by atoms with Crippen LogP contribution in [0.3, 0.4) is 0 Å². The molecule has 0 saturated carbocycles. The van der Waals surface area contributed by atoms with E-state index in [2.05, 4.69) is 15.8 Å². The smallest absolute Gasteiger partial charge is 0.325 e. The molecule has 0 atom stereocenters. The van der Waals surface area contributed by atoms with Crippen LogP contribution in [0.15, 0.2) is 22.7 Å². The van der Waals surface area contributed by atoms with Crippen LogP contribution in [0.4, 0.5) is 16.3 Å². The fraction of sp³-hybridized carbons (Fsp3) is 0.231. The Hall–Kier alpha value is -2.41. The molecule has 0 saturated heterocycles. The Morgan fingerprint density at radius 2 is 1.90 bits per heavy atom. The summed E-state index contributed by atoms with van der Waals surface area (Å²) in [6, 6.07) is 4.22. The predicted molar refractivity (Wildman–Crippen MR) is 78.4 cm³/mol. The normalized spacial score (nSPS) is 10.1. The van der Waals surface area contributed by atoms with Gasteiger partial charge >= 0.3 is 6.03 Å². The molecule has 0 unspecified atom stereocenters. The SMILES string of the molecule is COc1cc(NC(=O)Nc2cc(C)on2)c(OC)cc1Cl. The number of benzene rings is 1. The Morgan fingerprint density at radius 1 is 1.19 bits per heavy atom. The number of methoxy groups -OCH3 is 2. The van der Waals surface area contributed by atoms with E-state index in [0.717, 1.165) is 0 Å². The fourth-order valence-corrected chi connectivity index (χ4v) is 1.88. The number of amides is 2. The lowest BCUT2D eigenvalue weighted by molar-refractivity contribution is 0.261. The molecule has 0 bridgehead atoms. The molecule has 0 spiro atoms. The second-order valence-corrected chi connectivity index (χ2v) is 4.50. The van der Waals surface area contributed by atoms with Gasteiger partial charge in [-0.15, -0.1) is 0 Å². The third kappa shape index (κ3) is 3.57. The summed E-state index contributed by atoms with van der Waals surface area (Å²) in [6.45, 7) is 1.73. The molecule has 1 aromatic carbocycles. The summed E-state index contributed by atoms with van der Waals surface area (Å²) >= 11 is 5.99. The molecule has 2 rings (SSSR count). The number of aromatic nitrogens is 1. The number of anilines is 2. The largest absolute Gasteiger partial charge is 0.495 e. The molecule has 1 aromatic heterocycles. The number of urea groups is 1. The Bertz CT molecular complexity index is 657. The van der Waals surface area contributed by atoms with Crippen molar-refractivity contribution in [2.45, 2.75) is 6.92 Å². The summed E-state index contributed by atoms with van der Waals surface area (Å²) in [5.41, 5.74) is 0.413. The van der Waals surface area contributed by atoms with E-state index in [-0.39, 0.29) is 0 Å². The summed E-state index contributed by atoms with van der Waals surface area (Å²) < 4.78 is 15.1. The lowest BCUT2D eigenvalue weighted by Crippen LogP contribution is -2.20. The van der Waals surface area contributed by atoms with Crippen LogP contribution in [-0.4, -0.2) is 25.4 Å². The average molecular weight is 312 g/mol. The number of nitrogens with zero attached hydrogens (tertiary/aromatic N) is 1. The van der Waals surface area contributed by atoms with E-state index in [9.17, 15) is 4.79 Å². The summed E-state index contributed by atoms with van der Waals surface area (Å²) in [6.07, 6.45) is 0. The van der Waals surface area contributed by atoms with E-state index in [4.69, 9.17) is 25.6 Å². The van der Waals surface area contributed by atoms with Gasteiger partial charge in [0, 0.05) is 18.2 Å². The molecule has 0 fully saturated rings. The van der Waals surface area contributed by atoms with Gasteiger partial charge in [-0.2, -0.15) is 0 Å². The van der Waals surface area contributed by atoms with Crippen molar-refractivity contribution in [2.24, 2.45) is 0 Å². The standard InChI is InChI=1S/C13H14ClN3O4/c1-7-4-12(17-21-7)16-13(18)15-9-6-10(19-2)8(14)5-11(9)20-3/h4-6H,1-3H3,(H2,15,16,17,18). The molecule has 0 aliphatic heterocycles. The number of carbonyl (C=O) groups is 1. The van der Waals surface area contributed by atoms with Crippen LogP contribution in [0.5, 0.6) is 11.5 Å². The van der Waals surface area contributed by atoms with Crippen molar-refractivity contribution in [3.63, 3.8) is 0 Å². The van der Waals surface area contributed by atoms with Gasteiger partial charge in [0.15, 0.2) is 5.82 Å². The van der Waals surface area contributed by atoms with Crippen LogP contribution >= 0.6 is 11.6 Å². The predicted octanol–water partition coefficient (Wildman–Crippen LogP) is 3.30. The van der Waals surface area contributed by atoms with Crippen molar-refractivity contribution < 1.29 is 18.8 Å². The molecule has 7 nitrogen and oxygen atoms in total. The highest BCUT2D eigenvalue weighted by atomic mass is 35.5. The van der Waals surface area contributed by atoms with Gasteiger partial charge in [-0.05, 0) is 6.92 Å².